The van der Waals surface area contributed by atoms with E-state index in [-0.39, 0.29) is 11.9 Å². The lowest BCUT2D eigenvalue weighted by Crippen LogP contribution is -2.15. The van der Waals surface area contributed by atoms with Crippen LogP contribution in [-0.4, -0.2) is 21.1 Å². The van der Waals surface area contributed by atoms with Crippen LogP contribution >= 0.6 is 11.3 Å². The third-order valence-corrected chi connectivity index (χ3v) is 5.85. The molecule has 30 heavy (non-hydrogen) atoms. The van der Waals surface area contributed by atoms with Crippen molar-refractivity contribution in [1.82, 2.24) is 15.2 Å². The van der Waals surface area contributed by atoms with Gasteiger partial charge in [-0.2, -0.15) is 0 Å². The Morgan fingerprint density at radius 1 is 1.10 bits per heavy atom. The number of rotatable bonds is 5. The van der Waals surface area contributed by atoms with Gasteiger partial charge in [-0.3, -0.25) is 10.1 Å². The molecule has 6 nitrogen and oxygen atoms in total. The van der Waals surface area contributed by atoms with Crippen molar-refractivity contribution in [2.45, 2.75) is 19.3 Å². The van der Waals surface area contributed by atoms with E-state index < -0.39 is 0 Å². The van der Waals surface area contributed by atoms with Gasteiger partial charge in [0.2, 0.25) is 5.89 Å². The third-order valence-electron chi connectivity index (χ3n) is 4.84. The number of thiazole rings is 1. The molecule has 0 fully saturated rings. The van der Waals surface area contributed by atoms with Crippen molar-refractivity contribution < 1.29 is 9.21 Å². The van der Waals surface area contributed by atoms with Crippen LogP contribution in [0, 0.1) is 0 Å². The Morgan fingerprint density at radius 3 is 2.83 bits per heavy atom. The molecule has 0 unspecified atom stereocenters. The van der Waals surface area contributed by atoms with E-state index in [0.717, 1.165) is 27.2 Å². The van der Waals surface area contributed by atoms with E-state index in [4.69, 9.17) is 4.42 Å². The maximum Gasteiger partial charge on any atom is 0.322 e. The van der Waals surface area contributed by atoms with Crippen LogP contribution < -0.4 is 5.32 Å². The maximum absolute atomic E-state index is 12.3. The molecular formula is C23H18N4O2S. The van der Waals surface area contributed by atoms with Gasteiger partial charge in [0.15, 0.2) is 0 Å². The lowest BCUT2D eigenvalue weighted by Gasteiger charge is -2.06. The fraction of sp³-hybridized carbons (Fsp3) is 0.130. The number of anilines is 1. The van der Waals surface area contributed by atoms with Gasteiger partial charge in [0.1, 0.15) is 5.01 Å². The summed E-state index contributed by atoms with van der Waals surface area (Å²) in [5, 5.41) is 11.5. The molecule has 0 atom stereocenters. The molecule has 0 saturated heterocycles. The van der Waals surface area contributed by atoms with Gasteiger partial charge in [-0.05, 0) is 36.1 Å². The fourth-order valence-electron chi connectivity index (χ4n) is 3.33. The number of benzene rings is 2. The number of nitrogens with one attached hydrogen (secondary N) is 1. The van der Waals surface area contributed by atoms with Gasteiger partial charge in [-0.15, -0.1) is 16.4 Å². The van der Waals surface area contributed by atoms with Crippen LogP contribution in [-0.2, 0) is 11.2 Å². The number of nitrogens with zero attached hydrogens (tertiary/aromatic N) is 3. The lowest BCUT2D eigenvalue weighted by atomic mass is 10.0. The Bertz CT molecular complexity index is 1270. The highest BCUT2D eigenvalue weighted by Crippen LogP contribution is 2.29. The molecule has 2 heterocycles. The number of carbonyl (C=O) groups is 1. The minimum absolute atomic E-state index is 0.109. The minimum Gasteiger partial charge on any atom is -0.407 e. The molecule has 4 aromatic rings. The standard InChI is InChI=1S/C23H18N4O2S/c28-22(16-9-5-2-6-10-16)25-23-27-26-20(29-23)14-21-24-18-12-11-17(13-19(18)30-21)15-7-3-1-4-8-15/h1-5,7-9,11-13H,6,10,14H2,(H,25,27,28). The molecule has 0 aliphatic heterocycles. The van der Waals surface area contributed by atoms with Crippen molar-refractivity contribution in [3.8, 4) is 11.1 Å². The number of hydrogen-bond donors (Lipinski definition) is 1. The van der Waals surface area contributed by atoms with E-state index in [9.17, 15) is 4.79 Å². The van der Waals surface area contributed by atoms with Gasteiger partial charge >= 0.3 is 6.01 Å². The monoisotopic (exact) mass is 414 g/mol. The highest BCUT2D eigenvalue weighted by molar-refractivity contribution is 7.18. The maximum atomic E-state index is 12.3. The molecule has 1 aliphatic rings. The van der Waals surface area contributed by atoms with Crippen molar-refractivity contribution in [3.05, 3.63) is 83.2 Å². The summed E-state index contributed by atoms with van der Waals surface area (Å²) in [5.41, 5.74) is 3.99. The van der Waals surface area contributed by atoms with Crippen molar-refractivity contribution >= 4 is 33.5 Å². The molecule has 2 aromatic heterocycles. The van der Waals surface area contributed by atoms with Crippen molar-refractivity contribution in [3.63, 3.8) is 0 Å². The summed E-state index contributed by atoms with van der Waals surface area (Å²) >= 11 is 1.60. The first-order valence-corrected chi connectivity index (χ1v) is 10.5. The van der Waals surface area contributed by atoms with Crippen molar-refractivity contribution in [2.24, 2.45) is 0 Å². The predicted molar refractivity (Wildman–Crippen MR) is 117 cm³/mol. The van der Waals surface area contributed by atoms with Crippen LogP contribution in [0.25, 0.3) is 21.3 Å². The first-order chi connectivity index (χ1) is 14.7. The zero-order chi connectivity index (χ0) is 20.3. The number of carbonyl (C=O) groups excluding carboxylic acids is 1. The zero-order valence-corrected chi connectivity index (χ0v) is 16.9. The van der Waals surface area contributed by atoms with Crippen LogP contribution in [0.1, 0.15) is 23.7 Å². The Morgan fingerprint density at radius 2 is 2.00 bits per heavy atom. The van der Waals surface area contributed by atoms with Gasteiger partial charge in [0.25, 0.3) is 5.91 Å². The van der Waals surface area contributed by atoms with E-state index in [0.29, 0.717) is 24.3 Å². The first kappa shape index (κ1) is 18.4. The molecule has 0 bridgehead atoms. The molecule has 7 heteroatoms. The molecule has 0 spiro atoms. The predicted octanol–water partition coefficient (Wildman–Crippen LogP) is 5.15. The van der Waals surface area contributed by atoms with E-state index in [2.05, 4.69) is 44.8 Å². The summed E-state index contributed by atoms with van der Waals surface area (Å²) in [6, 6.07) is 16.6. The zero-order valence-electron chi connectivity index (χ0n) is 16.0. The largest absolute Gasteiger partial charge is 0.407 e. The molecule has 148 valence electrons. The summed E-state index contributed by atoms with van der Waals surface area (Å²) < 4.78 is 6.71. The highest BCUT2D eigenvalue weighted by atomic mass is 32.1. The van der Waals surface area contributed by atoms with Gasteiger partial charge in [-0.1, -0.05) is 59.7 Å². The quantitative estimate of drug-likeness (QED) is 0.488. The average Bonchev–Trinajstić information content (AvgIpc) is 3.40. The van der Waals surface area contributed by atoms with Crippen LogP contribution in [0.4, 0.5) is 6.01 Å². The van der Waals surface area contributed by atoms with E-state index >= 15 is 0 Å². The van der Waals surface area contributed by atoms with E-state index in [1.54, 1.807) is 17.4 Å². The second-order valence-electron chi connectivity index (χ2n) is 6.95. The highest BCUT2D eigenvalue weighted by Gasteiger charge is 2.15. The lowest BCUT2D eigenvalue weighted by molar-refractivity contribution is -0.113. The third kappa shape index (κ3) is 3.92. The van der Waals surface area contributed by atoms with Crippen LogP contribution in [0.15, 0.2) is 76.7 Å². The van der Waals surface area contributed by atoms with Crippen molar-refractivity contribution in [1.29, 1.82) is 0 Å². The number of amides is 1. The smallest absolute Gasteiger partial charge is 0.322 e. The Kier molecular flexibility index (Phi) is 4.94. The van der Waals surface area contributed by atoms with Gasteiger partial charge in [-0.25, -0.2) is 4.98 Å². The van der Waals surface area contributed by atoms with Crippen LogP contribution in [0.5, 0.6) is 0 Å². The molecular weight excluding hydrogens is 396 g/mol. The molecule has 5 rings (SSSR count). The summed E-state index contributed by atoms with van der Waals surface area (Å²) in [7, 11) is 0. The molecule has 1 aliphatic carbocycles. The normalized spacial score (nSPS) is 13.4. The SMILES string of the molecule is O=C(Nc1nnc(Cc2nc3ccc(-c4ccccc4)cc3s2)o1)C1=CC=CCC1. The van der Waals surface area contributed by atoms with Gasteiger partial charge in [0, 0.05) is 5.57 Å². The number of allylic oxidation sites excluding steroid dienone is 3. The average molecular weight is 414 g/mol. The Labute approximate surface area is 177 Å². The molecule has 2 aromatic carbocycles. The molecule has 1 N–H and O–H groups in total. The second kappa shape index (κ2) is 8.04. The second-order valence-corrected chi connectivity index (χ2v) is 8.06. The van der Waals surface area contributed by atoms with E-state index in [1.165, 1.54) is 5.56 Å². The summed E-state index contributed by atoms with van der Waals surface area (Å²) in [6.45, 7) is 0. The van der Waals surface area contributed by atoms with Crippen LogP contribution in [0.2, 0.25) is 0 Å². The van der Waals surface area contributed by atoms with Crippen LogP contribution in [0.3, 0.4) is 0 Å². The minimum atomic E-state index is -0.206. The Hall–Kier alpha value is -3.58. The number of aromatic nitrogens is 3. The summed E-state index contributed by atoms with van der Waals surface area (Å²) in [6.07, 6.45) is 7.71. The Balaban J connectivity index is 1.30. The van der Waals surface area contributed by atoms with Gasteiger partial charge < -0.3 is 4.42 Å². The summed E-state index contributed by atoms with van der Waals surface area (Å²) in [5.74, 6) is 0.216. The fourth-order valence-corrected chi connectivity index (χ4v) is 4.33. The summed E-state index contributed by atoms with van der Waals surface area (Å²) in [4.78, 5) is 16.9. The molecule has 0 radical (unpaired) electrons. The van der Waals surface area contributed by atoms with Crippen molar-refractivity contribution in [2.75, 3.05) is 5.32 Å². The first-order valence-electron chi connectivity index (χ1n) is 9.69. The van der Waals surface area contributed by atoms with Gasteiger partial charge in [0.05, 0.1) is 16.6 Å². The number of hydrogen-bond acceptors (Lipinski definition) is 6. The number of fused-ring (bicyclic) bond motifs is 1. The molecule has 1 amide bonds. The topological polar surface area (TPSA) is 80.9 Å². The molecule has 0 saturated carbocycles. The van der Waals surface area contributed by atoms with E-state index in [1.807, 2.05) is 36.4 Å².